The lowest BCUT2D eigenvalue weighted by Gasteiger charge is -2.00. The molecule has 15 heavy (non-hydrogen) atoms. The van der Waals surface area contributed by atoms with Gasteiger partial charge < -0.3 is 9.73 Å². The van der Waals surface area contributed by atoms with Crippen LogP contribution in [-0.2, 0) is 6.54 Å². The highest BCUT2D eigenvalue weighted by molar-refractivity contribution is 7.82. The van der Waals surface area contributed by atoms with Gasteiger partial charge >= 0.3 is 0 Å². The van der Waals surface area contributed by atoms with Crippen molar-refractivity contribution in [2.45, 2.75) is 10.8 Å². The quantitative estimate of drug-likeness (QED) is 0.806. The first-order valence-corrected chi connectivity index (χ1v) is 5.53. The number of nitrogens with zero attached hydrogens (tertiary/aromatic N) is 1. The Labute approximate surface area is 95.7 Å². The van der Waals surface area contributed by atoms with E-state index >= 15 is 0 Å². The molecule has 0 atom stereocenters. The zero-order chi connectivity index (χ0) is 10.7. The number of rotatable bonds is 3. The monoisotopic (exact) mass is 240 g/mol. The van der Waals surface area contributed by atoms with Crippen LogP contribution in [0.3, 0.4) is 0 Å². The molecule has 0 aliphatic heterocycles. The van der Waals surface area contributed by atoms with E-state index < -0.39 is 0 Å². The maximum Gasteiger partial charge on any atom is 0.272 e. The summed E-state index contributed by atoms with van der Waals surface area (Å²) in [6.45, 7) is 0.358. The van der Waals surface area contributed by atoms with Crippen molar-refractivity contribution in [1.82, 2.24) is 10.3 Å². The summed E-state index contributed by atoms with van der Waals surface area (Å²) in [4.78, 5) is 15.5. The molecule has 78 valence electrons. The van der Waals surface area contributed by atoms with Crippen molar-refractivity contribution < 1.29 is 9.21 Å². The minimum Gasteiger partial charge on any atom is -0.467 e. The van der Waals surface area contributed by atoms with Gasteiger partial charge in [-0.15, -0.1) is 24.0 Å². The van der Waals surface area contributed by atoms with E-state index in [9.17, 15) is 4.79 Å². The number of aromatic nitrogens is 1. The number of nitrogens with one attached hydrogen (secondary N) is 1. The molecule has 0 unspecified atom stereocenters. The molecule has 1 N–H and O–H groups in total. The summed E-state index contributed by atoms with van der Waals surface area (Å²) < 4.78 is 5.70. The largest absolute Gasteiger partial charge is 0.467 e. The van der Waals surface area contributed by atoms with E-state index in [0.717, 1.165) is 0 Å². The summed E-state index contributed by atoms with van der Waals surface area (Å²) in [6.07, 6.45) is 1.56. The summed E-state index contributed by atoms with van der Waals surface area (Å²) in [5, 5.41) is 2.69. The molecule has 0 radical (unpaired) electrons. The maximum atomic E-state index is 11.6. The van der Waals surface area contributed by atoms with Gasteiger partial charge in [-0.1, -0.05) is 0 Å². The van der Waals surface area contributed by atoms with Crippen molar-refractivity contribution in [3.63, 3.8) is 0 Å². The molecule has 2 aromatic heterocycles. The van der Waals surface area contributed by atoms with Crippen LogP contribution in [0.15, 0.2) is 32.5 Å². The Hall–Kier alpha value is -1.27. The lowest BCUT2D eigenvalue weighted by atomic mass is 10.4. The highest BCUT2D eigenvalue weighted by atomic mass is 32.2. The van der Waals surface area contributed by atoms with Crippen molar-refractivity contribution >= 4 is 29.9 Å². The van der Waals surface area contributed by atoms with Crippen molar-refractivity contribution in [3.8, 4) is 0 Å². The van der Waals surface area contributed by atoms with Crippen LogP contribution in [0.2, 0.25) is 0 Å². The number of thiazole rings is 1. The second-order valence-electron chi connectivity index (χ2n) is 2.77. The number of furan rings is 1. The molecule has 0 aliphatic carbocycles. The van der Waals surface area contributed by atoms with E-state index in [1.165, 1.54) is 11.3 Å². The van der Waals surface area contributed by atoms with Gasteiger partial charge in [-0.25, -0.2) is 4.98 Å². The van der Waals surface area contributed by atoms with Gasteiger partial charge in [-0.05, 0) is 12.1 Å². The van der Waals surface area contributed by atoms with Crippen LogP contribution in [-0.4, -0.2) is 10.9 Å². The van der Waals surface area contributed by atoms with Crippen molar-refractivity contribution in [2.75, 3.05) is 0 Å². The van der Waals surface area contributed by atoms with E-state index in [2.05, 4.69) is 22.9 Å². The first kappa shape index (κ1) is 10.3. The fourth-order valence-corrected chi connectivity index (χ4v) is 1.88. The molecular formula is C9H8N2O2S2. The molecule has 4 nitrogen and oxygen atoms in total. The summed E-state index contributed by atoms with van der Waals surface area (Å²) in [7, 11) is 0. The van der Waals surface area contributed by atoms with E-state index in [1.807, 2.05) is 0 Å². The number of carbonyl (C=O) groups is 1. The Balaban J connectivity index is 1.96. The molecule has 2 rings (SSSR count). The second kappa shape index (κ2) is 4.50. The highest BCUT2D eigenvalue weighted by Gasteiger charge is 2.12. The van der Waals surface area contributed by atoms with E-state index in [-0.39, 0.29) is 5.91 Å². The molecule has 2 heterocycles. The maximum absolute atomic E-state index is 11.6. The molecule has 0 spiro atoms. The Morgan fingerprint density at radius 1 is 1.67 bits per heavy atom. The lowest BCUT2D eigenvalue weighted by Crippen LogP contribution is -2.23. The molecule has 0 aliphatic rings. The molecule has 2 aromatic rings. The minimum absolute atomic E-state index is 0.238. The topological polar surface area (TPSA) is 55.1 Å². The normalized spacial score (nSPS) is 10.2. The van der Waals surface area contributed by atoms with Gasteiger partial charge in [0.2, 0.25) is 0 Å². The Kier molecular flexibility index (Phi) is 3.08. The van der Waals surface area contributed by atoms with Gasteiger partial charge in [0.05, 0.1) is 22.5 Å². The Morgan fingerprint density at radius 2 is 2.53 bits per heavy atom. The van der Waals surface area contributed by atoms with Gasteiger partial charge in [0, 0.05) is 0 Å². The zero-order valence-electron chi connectivity index (χ0n) is 7.64. The zero-order valence-corrected chi connectivity index (χ0v) is 9.35. The number of amides is 1. The SMILES string of the molecule is O=C(NCc1ccco1)c1ncsc1S. The summed E-state index contributed by atoms with van der Waals surface area (Å²) in [5.41, 5.74) is 1.94. The van der Waals surface area contributed by atoms with Crippen LogP contribution in [0.25, 0.3) is 0 Å². The number of carbonyl (C=O) groups excluding carboxylic acids is 1. The van der Waals surface area contributed by atoms with Gasteiger partial charge in [0.1, 0.15) is 5.76 Å². The predicted octanol–water partition coefficient (Wildman–Crippen LogP) is 1.95. The summed E-state index contributed by atoms with van der Waals surface area (Å²) >= 11 is 5.45. The summed E-state index contributed by atoms with van der Waals surface area (Å²) in [6, 6.07) is 3.57. The van der Waals surface area contributed by atoms with E-state index in [1.54, 1.807) is 23.9 Å². The van der Waals surface area contributed by atoms with Crippen LogP contribution in [0.1, 0.15) is 16.2 Å². The van der Waals surface area contributed by atoms with Gasteiger partial charge in [0.15, 0.2) is 5.69 Å². The number of thiol groups is 1. The van der Waals surface area contributed by atoms with Crippen molar-refractivity contribution in [2.24, 2.45) is 0 Å². The molecule has 0 aromatic carbocycles. The average Bonchev–Trinajstić information content (AvgIpc) is 2.84. The van der Waals surface area contributed by atoms with Gasteiger partial charge in [-0.2, -0.15) is 0 Å². The number of hydrogen-bond acceptors (Lipinski definition) is 5. The van der Waals surface area contributed by atoms with E-state index in [4.69, 9.17) is 4.42 Å². The summed E-state index contributed by atoms with van der Waals surface area (Å²) in [5.74, 6) is 0.469. The lowest BCUT2D eigenvalue weighted by molar-refractivity contribution is 0.0941. The number of hydrogen-bond donors (Lipinski definition) is 2. The molecular weight excluding hydrogens is 232 g/mol. The van der Waals surface area contributed by atoms with Crippen LogP contribution in [0, 0.1) is 0 Å². The minimum atomic E-state index is -0.238. The molecule has 0 bridgehead atoms. The Bertz CT molecular complexity index is 450. The fraction of sp³-hybridized carbons (Fsp3) is 0.111. The van der Waals surface area contributed by atoms with Gasteiger partial charge in [-0.3, -0.25) is 4.79 Å². The molecule has 0 fully saturated rings. The third-order valence-corrected chi connectivity index (χ3v) is 2.92. The standard InChI is InChI=1S/C9H8N2O2S2/c12-8(7-9(14)15-5-11-7)10-4-6-2-1-3-13-6/h1-3,5,14H,4H2,(H,10,12). The molecule has 1 amide bonds. The highest BCUT2D eigenvalue weighted by Crippen LogP contribution is 2.17. The molecule has 0 saturated carbocycles. The van der Waals surface area contributed by atoms with Crippen LogP contribution in [0.4, 0.5) is 0 Å². The molecule has 6 heteroatoms. The van der Waals surface area contributed by atoms with Crippen LogP contribution >= 0.6 is 24.0 Å². The first-order valence-electron chi connectivity index (χ1n) is 4.20. The molecule has 0 saturated heterocycles. The Morgan fingerprint density at radius 3 is 3.13 bits per heavy atom. The fourth-order valence-electron chi connectivity index (χ4n) is 1.06. The smallest absolute Gasteiger partial charge is 0.272 e. The first-order chi connectivity index (χ1) is 7.27. The van der Waals surface area contributed by atoms with Crippen LogP contribution in [0.5, 0.6) is 0 Å². The third kappa shape index (κ3) is 2.40. The van der Waals surface area contributed by atoms with Gasteiger partial charge in [0.25, 0.3) is 5.91 Å². The van der Waals surface area contributed by atoms with Crippen molar-refractivity contribution in [3.05, 3.63) is 35.4 Å². The average molecular weight is 240 g/mol. The van der Waals surface area contributed by atoms with Crippen molar-refractivity contribution in [1.29, 1.82) is 0 Å². The van der Waals surface area contributed by atoms with E-state index in [0.29, 0.717) is 22.2 Å². The predicted molar refractivity (Wildman–Crippen MR) is 59.2 cm³/mol. The van der Waals surface area contributed by atoms with Crippen LogP contribution < -0.4 is 5.32 Å². The second-order valence-corrected chi connectivity index (χ2v) is 4.37. The third-order valence-electron chi connectivity index (χ3n) is 1.77.